The summed E-state index contributed by atoms with van der Waals surface area (Å²) >= 11 is 0. The summed E-state index contributed by atoms with van der Waals surface area (Å²) in [7, 11) is 0. The number of esters is 1. The first-order valence-electron chi connectivity index (χ1n) is 3.09. The first kappa shape index (κ1) is 9.39. The summed E-state index contributed by atoms with van der Waals surface area (Å²) in [5.41, 5.74) is 0. The van der Waals surface area contributed by atoms with E-state index in [9.17, 15) is 4.79 Å². The van der Waals surface area contributed by atoms with Gasteiger partial charge in [-0.05, 0) is 0 Å². The quantitative estimate of drug-likeness (QED) is 0.517. The van der Waals surface area contributed by atoms with Crippen molar-refractivity contribution in [3.05, 3.63) is 0 Å². The van der Waals surface area contributed by atoms with Crippen molar-refractivity contribution in [1.29, 1.82) is 0 Å². The minimum atomic E-state index is -0.553. The molecule has 0 aliphatic carbocycles. The van der Waals surface area contributed by atoms with Crippen molar-refractivity contribution in [3.63, 3.8) is 0 Å². The van der Waals surface area contributed by atoms with Gasteiger partial charge in [0.2, 0.25) is 0 Å². The zero-order chi connectivity index (χ0) is 7.98. The van der Waals surface area contributed by atoms with Gasteiger partial charge in [-0.1, -0.05) is 0 Å². The zero-order valence-corrected chi connectivity index (χ0v) is 5.91. The van der Waals surface area contributed by atoms with Crippen LogP contribution in [0.5, 0.6) is 0 Å². The molecule has 0 heterocycles. The Labute approximate surface area is 59.4 Å². The number of hydrogen-bond acceptors (Lipinski definition) is 4. The lowest BCUT2D eigenvalue weighted by molar-refractivity contribution is -0.149. The molecular formula is C6H12O4. The SMILES string of the molecule is CC(=O)O[C@H](CO)CCO. The Morgan fingerprint density at radius 1 is 1.60 bits per heavy atom. The fourth-order valence-electron chi connectivity index (χ4n) is 0.566. The van der Waals surface area contributed by atoms with Gasteiger partial charge in [0.1, 0.15) is 6.10 Å². The lowest BCUT2D eigenvalue weighted by Gasteiger charge is -2.11. The van der Waals surface area contributed by atoms with Crippen LogP contribution in [0.3, 0.4) is 0 Å². The molecule has 10 heavy (non-hydrogen) atoms. The van der Waals surface area contributed by atoms with Crippen LogP contribution in [0.2, 0.25) is 0 Å². The second-order valence-electron chi connectivity index (χ2n) is 1.93. The van der Waals surface area contributed by atoms with Crippen LogP contribution in [-0.4, -0.2) is 35.5 Å². The summed E-state index contributed by atoms with van der Waals surface area (Å²) in [6, 6.07) is 0. The highest BCUT2D eigenvalue weighted by Gasteiger charge is 2.08. The maximum atomic E-state index is 10.3. The van der Waals surface area contributed by atoms with Crippen LogP contribution in [0.15, 0.2) is 0 Å². The van der Waals surface area contributed by atoms with Gasteiger partial charge >= 0.3 is 5.97 Å². The van der Waals surface area contributed by atoms with E-state index in [1.165, 1.54) is 6.92 Å². The molecule has 0 saturated carbocycles. The highest BCUT2D eigenvalue weighted by Crippen LogP contribution is 1.96. The van der Waals surface area contributed by atoms with Gasteiger partial charge in [-0.15, -0.1) is 0 Å². The van der Waals surface area contributed by atoms with E-state index in [2.05, 4.69) is 4.74 Å². The van der Waals surface area contributed by atoms with Crippen molar-refractivity contribution in [2.24, 2.45) is 0 Å². The van der Waals surface area contributed by atoms with Crippen molar-refractivity contribution in [1.82, 2.24) is 0 Å². The molecule has 0 bridgehead atoms. The average molecular weight is 148 g/mol. The molecule has 0 saturated heterocycles. The van der Waals surface area contributed by atoms with Gasteiger partial charge in [0.25, 0.3) is 0 Å². The summed E-state index contributed by atoms with van der Waals surface area (Å²) in [5.74, 6) is -0.437. The van der Waals surface area contributed by atoms with Gasteiger partial charge in [0.05, 0.1) is 6.61 Å². The molecule has 0 aliphatic heterocycles. The summed E-state index contributed by atoms with van der Waals surface area (Å²) in [4.78, 5) is 10.3. The minimum absolute atomic E-state index is 0.0848. The van der Waals surface area contributed by atoms with Gasteiger partial charge in [-0.3, -0.25) is 4.79 Å². The van der Waals surface area contributed by atoms with Crippen LogP contribution >= 0.6 is 0 Å². The third-order valence-corrected chi connectivity index (χ3v) is 0.987. The highest BCUT2D eigenvalue weighted by molar-refractivity contribution is 5.66. The van der Waals surface area contributed by atoms with Crippen LogP contribution < -0.4 is 0 Å². The molecule has 0 aromatic heterocycles. The Morgan fingerprint density at radius 2 is 2.20 bits per heavy atom. The predicted octanol–water partition coefficient (Wildman–Crippen LogP) is -0.707. The summed E-state index contributed by atoms with van der Waals surface area (Å²) < 4.78 is 4.59. The predicted molar refractivity (Wildman–Crippen MR) is 34.3 cm³/mol. The lowest BCUT2D eigenvalue weighted by Crippen LogP contribution is -2.21. The maximum absolute atomic E-state index is 10.3. The summed E-state index contributed by atoms with van der Waals surface area (Å²) in [6.45, 7) is 0.943. The molecule has 0 aliphatic rings. The van der Waals surface area contributed by atoms with E-state index >= 15 is 0 Å². The van der Waals surface area contributed by atoms with E-state index in [0.29, 0.717) is 0 Å². The molecule has 2 N–H and O–H groups in total. The largest absolute Gasteiger partial charge is 0.460 e. The molecule has 0 spiro atoms. The van der Waals surface area contributed by atoms with Crippen molar-refractivity contribution in [2.45, 2.75) is 19.4 Å². The van der Waals surface area contributed by atoms with Crippen LogP contribution in [0.4, 0.5) is 0 Å². The van der Waals surface area contributed by atoms with Crippen LogP contribution in [-0.2, 0) is 9.53 Å². The number of carbonyl (C=O) groups is 1. The lowest BCUT2D eigenvalue weighted by atomic mass is 10.3. The molecule has 0 aromatic carbocycles. The Bertz CT molecular complexity index is 102. The summed E-state index contributed by atoms with van der Waals surface area (Å²) in [5, 5.41) is 16.9. The molecule has 0 unspecified atom stereocenters. The van der Waals surface area contributed by atoms with Crippen LogP contribution in [0.25, 0.3) is 0 Å². The van der Waals surface area contributed by atoms with Gasteiger partial charge < -0.3 is 14.9 Å². The monoisotopic (exact) mass is 148 g/mol. The Balaban J connectivity index is 3.49. The Kier molecular flexibility index (Phi) is 4.88. The molecule has 1 atom stereocenters. The first-order valence-corrected chi connectivity index (χ1v) is 3.09. The maximum Gasteiger partial charge on any atom is 0.302 e. The number of aliphatic hydroxyl groups is 2. The topological polar surface area (TPSA) is 66.8 Å². The first-order chi connectivity index (χ1) is 4.70. The molecule has 4 nitrogen and oxygen atoms in total. The molecule has 60 valence electrons. The Morgan fingerprint density at radius 3 is 2.50 bits per heavy atom. The third kappa shape index (κ3) is 4.29. The molecule has 0 fully saturated rings. The fourth-order valence-corrected chi connectivity index (χ4v) is 0.566. The van der Waals surface area contributed by atoms with E-state index in [4.69, 9.17) is 10.2 Å². The standard InChI is InChI=1S/C6H12O4/c1-5(9)10-6(4-8)2-3-7/h6-8H,2-4H2,1H3/t6-/m0/s1. The van der Waals surface area contributed by atoms with E-state index in [0.717, 1.165) is 0 Å². The number of aliphatic hydroxyl groups excluding tert-OH is 2. The van der Waals surface area contributed by atoms with E-state index in [1.807, 2.05) is 0 Å². The second-order valence-corrected chi connectivity index (χ2v) is 1.93. The second kappa shape index (κ2) is 5.20. The highest BCUT2D eigenvalue weighted by atomic mass is 16.5. The van der Waals surface area contributed by atoms with Crippen LogP contribution in [0, 0.1) is 0 Å². The van der Waals surface area contributed by atoms with Gasteiger partial charge in [0, 0.05) is 20.0 Å². The summed E-state index contributed by atoms with van der Waals surface area (Å²) in [6.07, 6.45) is -0.265. The number of carbonyl (C=O) groups excluding carboxylic acids is 1. The molecule has 0 aromatic rings. The van der Waals surface area contributed by atoms with E-state index in [1.54, 1.807) is 0 Å². The zero-order valence-electron chi connectivity index (χ0n) is 5.91. The molecule has 0 amide bonds. The molecule has 0 rings (SSSR count). The van der Waals surface area contributed by atoms with Gasteiger partial charge in [-0.25, -0.2) is 0 Å². The molecule has 4 heteroatoms. The average Bonchev–Trinajstić information content (AvgIpc) is 1.86. The van der Waals surface area contributed by atoms with E-state index in [-0.39, 0.29) is 19.6 Å². The fraction of sp³-hybridized carbons (Fsp3) is 0.833. The number of ether oxygens (including phenoxy) is 1. The normalized spacial score (nSPS) is 12.7. The van der Waals surface area contributed by atoms with Crippen LogP contribution in [0.1, 0.15) is 13.3 Å². The number of hydrogen-bond donors (Lipinski definition) is 2. The van der Waals surface area contributed by atoms with Crippen molar-refractivity contribution < 1.29 is 19.7 Å². The van der Waals surface area contributed by atoms with Gasteiger partial charge in [-0.2, -0.15) is 0 Å². The molecule has 0 radical (unpaired) electrons. The minimum Gasteiger partial charge on any atom is -0.460 e. The van der Waals surface area contributed by atoms with Crippen molar-refractivity contribution in [2.75, 3.05) is 13.2 Å². The smallest absolute Gasteiger partial charge is 0.302 e. The van der Waals surface area contributed by atoms with Crippen molar-refractivity contribution in [3.8, 4) is 0 Å². The Hall–Kier alpha value is -0.610. The number of rotatable bonds is 4. The van der Waals surface area contributed by atoms with E-state index < -0.39 is 12.1 Å². The third-order valence-electron chi connectivity index (χ3n) is 0.987. The molecular weight excluding hydrogens is 136 g/mol. The van der Waals surface area contributed by atoms with Gasteiger partial charge in [0.15, 0.2) is 0 Å². The van der Waals surface area contributed by atoms with Crippen molar-refractivity contribution >= 4 is 5.97 Å².